The van der Waals surface area contributed by atoms with E-state index in [1.165, 1.54) is 5.69 Å². The van der Waals surface area contributed by atoms with Crippen LogP contribution in [0.5, 0.6) is 0 Å². The van der Waals surface area contributed by atoms with E-state index < -0.39 is 0 Å². The minimum absolute atomic E-state index is 0.369. The van der Waals surface area contributed by atoms with Gasteiger partial charge in [-0.2, -0.15) is 0 Å². The van der Waals surface area contributed by atoms with Crippen molar-refractivity contribution >= 4 is 5.95 Å². The van der Waals surface area contributed by atoms with Crippen LogP contribution in [0.4, 0.5) is 5.95 Å². The molecule has 0 radical (unpaired) electrons. The quantitative estimate of drug-likeness (QED) is 0.779. The molecule has 1 atom stereocenters. The predicted octanol–water partition coefficient (Wildman–Crippen LogP) is 1.55. The first-order valence-electron chi connectivity index (χ1n) is 5.10. The Labute approximate surface area is 84.1 Å². The lowest BCUT2D eigenvalue weighted by Gasteiger charge is -2.16. The zero-order valence-corrected chi connectivity index (χ0v) is 8.73. The number of imidazole rings is 1. The van der Waals surface area contributed by atoms with E-state index >= 15 is 0 Å². The molecule has 2 rings (SSSR count). The maximum atomic E-state index is 5.82. The van der Waals surface area contributed by atoms with Gasteiger partial charge in [0.2, 0.25) is 5.95 Å². The van der Waals surface area contributed by atoms with Crippen molar-refractivity contribution < 1.29 is 4.74 Å². The highest BCUT2D eigenvalue weighted by atomic mass is 16.5. The van der Waals surface area contributed by atoms with Crippen molar-refractivity contribution in [3.8, 4) is 0 Å². The average Bonchev–Trinajstić information content (AvgIpc) is 2.70. The minimum atomic E-state index is 0.369. The van der Waals surface area contributed by atoms with Gasteiger partial charge >= 0.3 is 0 Å². The number of nitrogens with zero attached hydrogens (tertiary/aromatic N) is 2. The third-order valence-electron chi connectivity index (χ3n) is 2.72. The van der Waals surface area contributed by atoms with E-state index in [2.05, 4.69) is 23.4 Å². The van der Waals surface area contributed by atoms with Gasteiger partial charge in [-0.15, -0.1) is 0 Å². The van der Waals surface area contributed by atoms with E-state index in [0.29, 0.717) is 17.9 Å². The predicted molar refractivity (Wildman–Crippen MR) is 55.2 cm³/mol. The molecule has 0 aromatic carbocycles. The topological polar surface area (TPSA) is 53.1 Å². The second-order valence-electron chi connectivity index (χ2n) is 4.07. The molecular formula is C10H17N3O. The number of nitrogens with two attached hydrogens (primary N) is 1. The van der Waals surface area contributed by atoms with Crippen LogP contribution < -0.4 is 5.73 Å². The van der Waals surface area contributed by atoms with Crippen molar-refractivity contribution in [1.82, 2.24) is 9.55 Å². The molecule has 0 saturated carbocycles. The molecule has 2 heterocycles. The molecule has 4 heteroatoms. The summed E-state index contributed by atoms with van der Waals surface area (Å²) in [6.07, 6.45) is 2.96. The van der Waals surface area contributed by atoms with Crippen molar-refractivity contribution in [2.24, 2.45) is 0 Å². The highest BCUT2D eigenvalue weighted by molar-refractivity contribution is 5.26. The fourth-order valence-corrected chi connectivity index (χ4v) is 2.02. The molecule has 1 aromatic rings. The summed E-state index contributed by atoms with van der Waals surface area (Å²) in [4.78, 5) is 4.17. The first-order valence-corrected chi connectivity index (χ1v) is 5.10. The van der Waals surface area contributed by atoms with Gasteiger partial charge < -0.3 is 15.0 Å². The third kappa shape index (κ3) is 1.50. The lowest BCUT2D eigenvalue weighted by atomic mass is 10.1. The molecule has 1 aliphatic heterocycles. The Bertz CT molecular complexity index is 313. The van der Waals surface area contributed by atoms with Crippen LogP contribution in [0, 0.1) is 0 Å². The first-order chi connectivity index (χ1) is 6.70. The molecule has 14 heavy (non-hydrogen) atoms. The number of hydrogen-bond acceptors (Lipinski definition) is 3. The van der Waals surface area contributed by atoms with Gasteiger partial charge in [0, 0.05) is 24.3 Å². The van der Waals surface area contributed by atoms with Gasteiger partial charge in [-0.1, -0.05) is 0 Å². The van der Waals surface area contributed by atoms with Crippen molar-refractivity contribution in [2.75, 3.05) is 18.9 Å². The van der Waals surface area contributed by atoms with E-state index in [4.69, 9.17) is 10.5 Å². The summed E-state index contributed by atoms with van der Waals surface area (Å²) < 4.78 is 7.47. The van der Waals surface area contributed by atoms with E-state index in [-0.39, 0.29) is 0 Å². The summed E-state index contributed by atoms with van der Waals surface area (Å²) in [6, 6.07) is 0.369. The van der Waals surface area contributed by atoms with E-state index in [1.807, 2.05) is 6.20 Å². The molecule has 0 bridgehead atoms. The lowest BCUT2D eigenvalue weighted by molar-refractivity contribution is 0.193. The van der Waals surface area contributed by atoms with Crippen LogP contribution in [0.3, 0.4) is 0 Å². The minimum Gasteiger partial charge on any atom is -0.381 e. The maximum Gasteiger partial charge on any atom is 0.200 e. The molecule has 0 aliphatic carbocycles. The molecule has 2 N–H and O–H groups in total. The van der Waals surface area contributed by atoms with Gasteiger partial charge in [0.15, 0.2) is 0 Å². The zero-order chi connectivity index (χ0) is 10.1. The second kappa shape index (κ2) is 3.61. The molecule has 1 aliphatic rings. The molecular weight excluding hydrogens is 178 g/mol. The highest BCUT2D eigenvalue weighted by Gasteiger charge is 2.23. The Morgan fingerprint density at radius 2 is 2.43 bits per heavy atom. The van der Waals surface area contributed by atoms with Crippen LogP contribution >= 0.6 is 0 Å². The van der Waals surface area contributed by atoms with Gasteiger partial charge in [0.1, 0.15) is 0 Å². The van der Waals surface area contributed by atoms with E-state index in [9.17, 15) is 0 Å². The third-order valence-corrected chi connectivity index (χ3v) is 2.72. The summed E-state index contributed by atoms with van der Waals surface area (Å²) in [7, 11) is 0. The Kier molecular flexibility index (Phi) is 2.46. The number of aromatic nitrogens is 2. The number of rotatable bonds is 2. The molecule has 0 amide bonds. The normalized spacial score (nSPS) is 22.1. The fraction of sp³-hybridized carbons (Fsp3) is 0.700. The van der Waals surface area contributed by atoms with Gasteiger partial charge in [0.25, 0.3) is 0 Å². The van der Waals surface area contributed by atoms with Gasteiger partial charge in [-0.25, -0.2) is 4.98 Å². The van der Waals surface area contributed by atoms with Crippen LogP contribution in [0.2, 0.25) is 0 Å². The summed E-state index contributed by atoms with van der Waals surface area (Å²) in [5.74, 6) is 1.09. The first kappa shape index (κ1) is 9.52. The SMILES string of the molecule is CC(C)n1c(C2CCOC2)cnc1N. The van der Waals surface area contributed by atoms with E-state index in [1.54, 1.807) is 0 Å². The Morgan fingerprint density at radius 3 is 3.00 bits per heavy atom. The summed E-state index contributed by atoms with van der Waals surface area (Å²) in [6.45, 7) is 5.90. The van der Waals surface area contributed by atoms with Gasteiger partial charge in [0.05, 0.1) is 12.8 Å². The average molecular weight is 195 g/mol. The number of nitrogen functional groups attached to an aromatic ring is 1. The van der Waals surface area contributed by atoms with Crippen LogP contribution in [-0.2, 0) is 4.74 Å². The monoisotopic (exact) mass is 195 g/mol. The molecule has 1 aromatic heterocycles. The smallest absolute Gasteiger partial charge is 0.200 e. The molecule has 0 spiro atoms. The van der Waals surface area contributed by atoms with Crippen LogP contribution in [0.1, 0.15) is 37.9 Å². The van der Waals surface area contributed by atoms with Crippen molar-refractivity contribution in [1.29, 1.82) is 0 Å². The molecule has 1 saturated heterocycles. The Morgan fingerprint density at radius 1 is 1.64 bits per heavy atom. The van der Waals surface area contributed by atoms with Gasteiger partial charge in [-0.3, -0.25) is 0 Å². The summed E-state index contributed by atoms with van der Waals surface area (Å²) in [5, 5.41) is 0. The Hall–Kier alpha value is -1.03. The van der Waals surface area contributed by atoms with Crippen LogP contribution in [0.15, 0.2) is 6.20 Å². The number of hydrogen-bond donors (Lipinski definition) is 1. The van der Waals surface area contributed by atoms with E-state index in [0.717, 1.165) is 19.6 Å². The summed E-state index contributed by atoms with van der Waals surface area (Å²) in [5.41, 5.74) is 7.04. The van der Waals surface area contributed by atoms with Gasteiger partial charge in [-0.05, 0) is 20.3 Å². The van der Waals surface area contributed by atoms with Crippen molar-refractivity contribution in [3.63, 3.8) is 0 Å². The molecule has 78 valence electrons. The maximum absolute atomic E-state index is 5.82. The largest absolute Gasteiger partial charge is 0.381 e. The summed E-state index contributed by atoms with van der Waals surface area (Å²) >= 11 is 0. The standard InChI is InChI=1S/C10H17N3O/c1-7(2)13-9(5-12-10(13)11)8-3-4-14-6-8/h5,7-8H,3-4,6H2,1-2H3,(H2,11,12). The molecule has 4 nitrogen and oxygen atoms in total. The second-order valence-corrected chi connectivity index (χ2v) is 4.07. The Balaban J connectivity index is 2.32. The van der Waals surface area contributed by atoms with Crippen LogP contribution in [-0.4, -0.2) is 22.8 Å². The molecule has 1 unspecified atom stereocenters. The van der Waals surface area contributed by atoms with Crippen molar-refractivity contribution in [2.45, 2.75) is 32.2 Å². The van der Waals surface area contributed by atoms with Crippen LogP contribution in [0.25, 0.3) is 0 Å². The van der Waals surface area contributed by atoms with Crippen molar-refractivity contribution in [3.05, 3.63) is 11.9 Å². The fourth-order valence-electron chi connectivity index (χ4n) is 2.02. The molecule has 1 fully saturated rings. The number of ether oxygens (including phenoxy) is 1. The number of anilines is 1. The lowest BCUT2D eigenvalue weighted by Crippen LogP contribution is -2.12. The zero-order valence-electron chi connectivity index (χ0n) is 8.73. The highest BCUT2D eigenvalue weighted by Crippen LogP contribution is 2.28.